The zero-order valence-electron chi connectivity index (χ0n) is 27.9. The van der Waals surface area contributed by atoms with E-state index in [2.05, 4.69) is 34.4 Å². The molecule has 3 heterocycles. The van der Waals surface area contributed by atoms with E-state index in [9.17, 15) is 57.9 Å². The molecule has 2 amide bonds. The van der Waals surface area contributed by atoms with Crippen molar-refractivity contribution in [1.29, 1.82) is 0 Å². The average Bonchev–Trinajstić information content (AvgIpc) is 3.61. The van der Waals surface area contributed by atoms with E-state index in [0.717, 1.165) is 29.0 Å². The number of aliphatic hydroxyl groups excluding tert-OH is 3. The molecular weight excluding hydrogens is 799 g/mol. The Labute approximate surface area is 304 Å². The van der Waals surface area contributed by atoms with Crippen LogP contribution < -0.4 is 16.4 Å². The van der Waals surface area contributed by atoms with E-state index >= 15 is 0 Å². The summed E-state index contributed by atoms with van der Waals surface area (Å²) in [6, 6.07) is 0. The second-order valence-electron chi connectivity index (χ2n) is 11.8. The van der Waals surface area contributed by atoms with Gasteiger partial charge in [0.05, 0.1) is 26.1 Å². The lowest BCUT2D eigenvalue weighted by Gasteiger charge is -2.30. The molecule has 0 saturated carbocycles. The number of hydrogen-bond donors (Lipinski definition) is 10. The van der Waals surface area contributed by atoms with Crippen molar-refractivity contribution in [2.75, 3.05) is 44.4 Å². The zero-order chi connectivity index (χ0) is 39.8. The lowest BCUT2D eigenvalue weighted by Crippen LogP contribution is -2.46. The minimum atomic E-state index is -5.57. The largest absolute Gasteiger partial charge is 0.481 e. The molecule has 1 fully saturated rings. The number of aliphatic hydroxyl groups is 3. The van der Waals surface area contributed by atoms with Crippen LogP contribution in [0.4, 0.5) is 5.82 Å². The van der Waals surface area contributed by atoms with Crippen molar-refractivity contribution in [1.82, 2.24) is 30.2 Å². The molecule has 29 heteroatoms. The number of rotatable bonds is 21. The molecule has 25 nitrogen and oxygen atoms in total. The van der Waals surface area contributed by atoms with Gasteiger partial charge in [-0.25, -0.2) is 28.6 Å². The number of phosphoric acid groups is 3. The van der Waals surface area contributed by atoms with E-state index in [1.807, 2.05) is 0 Å². The molecule has 0 bridgehead atoms. The summed E-state index contributed by atoms with van der Waals surface area (Å²) in [5, 5.41) is 34.6. The fraction of sp³-hybridized carbons (Fsp3) is 0.667. The van der Waals surface area contributed by atoms with Crippen LogP contribution in [-0.2, 0) is 50.7 Å². The molecule has 1 aliphatic heterocycles. The minimum absolute atomic E-state index is 0.0134. The molecule has 0 aliphatic carbocycles. The first-order chi connectivity index (χ1) is 24.6. The topological polar surface area (TPSA) is 384 Å². The number of thioether (sulfide) groups is 1. The molecule has 53 heavy (non-hydrogen) atoms. The second kappa shape index (κ2) is 18.9. The molecule has 0 spiro atoms. The Balaban J connectivity index is 1.52. The lowest BCUT2D eigenvalue weighted by atomic mass is 9.87. The van der Waals surface area contributed by atoms with Gasteiger partial charge in [-0.15, -0.1) is 0 Å². The van der Waals surface area contributed by atoms with E-state index < -0.39 is 84.6 Å². The number of hydrogen-bond acceptors (Lipinski definition) is 19. The van der Waals surface area contributed by atoms with Crippen molar-refractivity contribution in [2.45, 2.75) is 57.3 Å². The first-order valence-corrected chi connectivity index (χ1v) is 20.7. The fourth-order valence-electron chi connectivity index (χ4n) is 4.46. The van der Waals surface area contributed by atoms with Crippen LogP contribution in [0.3, 0.4) is 0 Å². The molecule has 2 aromatic rings. The maximum absolute atomic E-state index is 12.6. The number of carbonyl (C=O) groups is 3. The van der Waals surface area contributed by atoms with Gasteiger partial charge in [-0.2, -0.15) is 4.31 Å². The van der Waals surface area contributed by atoms with Gasteiger partial charge in [-0.1, -0.05) is 25.6 Å². The van der Waals surface area contributed by atoms with E-state index in [4.69, 9.17) is 24.6 Å². The normalized spacial score (nSPS) is 22.2. The monoisotopic (exact) mass is 839 g/mol. The van der Waals surface area contributed by atoms with Gasteiger partial charge in [0, 0.05) is 37.1 Å². The predicted octanol–water partition coefficient (Wildman–Crippen LogP) is -1.95. The highest BCUT2D eigenvalue weighted by Gasteiger charge is 2.50. The van der Waals surface area contributed by atoms with Crippen molar-refractivity contribution in [2.24, 2.45) is 5.41 Å². The number of carbonyl (C=O) groups excluding carboxylic acids is 3. The molecule has 3 unspecified atom stereocenters. The van der Waals surface area contributed by atoms with Gasteiger partial charge in [0.15, 0.2) is 22.8 Å². The van der Waals surface area contributed by atoms with Crippen molar-refractivity contribution in [3.63, 3.8) is 0 Å². The number of nitrogen functional groups attached to an aromatic ring is 1. The Bertz CT molecular complexity index is 1750. The number of imidazole rings is 1. The quantitative estimate of drug-likeness (QED) is 0.0482. The minimum Gasteiger partial charge on any atom is -0.396 e. The third-order valence-corrected chi connectivity index (χ3v) is 11.1. The van der Waals surface area contributed by atoms with Crippen LogP contribution in [0, 0.1) is 5.41 Å². The van der Waals surface area contributed by atoms with Crippen LogP contribution in [0.2, 0.25) is 0 Å². The SMILES string of the molecule is CC(C)(COP(=O)(O)OP(=O)(O)OC[C@H]1O[C@@H](n2cnc3c(N)ncnc32)[C@H](O)[C@@H]1OP(=O)(O)O)C(O)C(=O)NCCC(=O)NCCSC(=O)CCO. The van der Waals surface area contributed by atoms with Gasteiger partial charge < -0.3 is 56.0 Å². The zero-order valence-corrected chi connectivity index (χ0v) is 31.4. The highest BCUT2D eigenvalue weighted by Crippen LogP contribution is 2.61. The summed E-state index contributed by atoms with van der Waals surface area (Å²) >= 11 is 0.935. The average molecular weight is 840 g/mol. The molecule has 300 valence electrons. The summed E-state index contributed by atoms with van der Waals surface area (Å²) in [5.41, 5.74) is 4.23. The van der Waals surface area contributed by atoms with Gasteiger partial charge in [0.25, 0.3) is 0 Å². The fourth-order valence-corrected chi connectivity index (χ4v) is 7.95. The molecule has 1 saturated heterocycles. The maximum atomic E-state index is 12.6. The van der Waals surface area contributed by atoms with Crippen LogP contribution in [0.25, 0.3) is 11.2 Å². The first kappa shape index (κ1) is 44.9. The Hall–Kier alpha value is -2.48. The van der Waals surface area contributed by atoms with Gasteiger partial charge in [-0.3, -0.25) is 32.5 Å². The number of anilines is 1. The Kier molecular flexibility index (Phi) is 16.0. The highest BCUT2D eigenvalue weighted by molar-refractivity contribution is 8.13. The second-order valence-corrected chi connectivity index (χ2v) is 17.2. The van der Waals surface area contributed by atoms with Gasteiger partial charge in [0.2, 0.25) is 11.8 Å². The number of phosphoric ester groups is 3. The number of fused-ring (bicyclic) bond motifs is 1. The van der Waals surface area contributed by atoms with Crippen LogP contribution in [0.1, 0.15) is 32.9 Å². The van der Waals surface area contributed by atoms with E-state index in [0.29, 0.717) is 0 Å². The summed E-state index contributed by atoms with van der Waals surface area (Å²) in [7, 11) is -16.4. The van der Waals surface area contributed by atoms with E-state index in [1.165, 1.54) is 13.8 Å². The summed E-state index contributed by atoms with van der Waals surface area (Å²) in [6.45, 7) is 0.0885. The number of aromatic nitrogens is 4. The third-order valence-electron chi connectivity index (χ3n) is 7.08. The van der Waals surface area contributed by atoms with Gasteiger partial charge >= 0.3 is 23.5 Å². The Morgan fingerprint density at radius 3 is 2.40 bits per heavy atom. The summed E-state index contributed by atoms with van der Waals surface area (Å²) in [5.74, 6) is -1.24. The Morgan fingerprint density at radius 1 is 1.06 bits per heavy atom. The van der Waals surface area contributed by atoms with Crippen LogP contribution >= 0.6 is 35.2 Å². The summed E-state index contributed by atoms with van der Waals surface area (Å²) in [6.07, 6.45) is -6.99. The predicted molar refractivity (Wildman–Crippen MR) is 179 cm³/mol. The molecule has 1 aliphatic rings. The molecule has 0 radical (unpaired) electrons. The lowest BCUT2D eigenvalue weighted by molar-refractivity contribution is -0.137. The molecular formula is C24H40N7O18P3S. The standard InChI is InChI=1S/C24H40N7O18P3S/c1-24(2,19(36)22(37)27-5-3-14(33)26-6-8-53-15(34)4-7-32)10-46-52(43,44)49-51(41,42)45-9-13-18(48-50(38,39)40)17(35)23(47-13)31-12-30-16-20(25)28-11-29-21(16)31/h11-13,17-19,23,32,35-36H,3-10H2,1-2H3,(H,26,33)(H,27,37)(H,41,42)(H,43,44)(H2,25,28,29)(H2,38,39,40)/t13-,17-,18-,19?,23-/m1/s1. The number of nitrogens with two attached hydrogens (primary N) is 1. The molecule has 7 atom stereocenters. The molecule has 11 N–H and O–H groups in total. The first-order valence-electron chi connectivity index (χ1n) is 15.2. The molecule has 0 aromatic carbocycles. The number of nitrogens with zero attached hydrogens (tertiary/aromatic N) is 4. The number of ether oxygens (including phenoxy) is 1. The molecule has 3 rings (SSSR count). The van der Waals surface area contributed by atoms with Crippen molar-refractivity contribution >= 4 is 69.1 Å². The highest BCUT2D eigenvalue weighted by atomic mass is 32.2. The van der Waals surface area contributed by atoms with Crippen molar-refractivity contribution in [3.05, 3.63) is 12.7 Å². The van der Waals surface area contributed by atoms with Crippen LogP contribution in [-0.4, -0.2) is 134 Å². The number of nitrogens with one attached hydrogen (secondary N) is 2. The summed E-state index contributed by atoms with van der Waals surface area (Å²) in [4.78, 5) is 86.5. The van der Waals surface area contributed by atoms with E-state index in [1.54, 1.807) is 0 Å². The van der Waals surface area contributed by atoms with Crippen molar-refractivity contribution < 1.29 is 85.6 Å². The number of amides is 2. The maximum Gasteiger partial charge on any atom is 0.481 e. The van der Waals surface area contributed by atoms with Crippen molar-refractivity contribution in [3.8, 4) is 0 Å². The van der Waals surface area contributed by atoms with Gasteiger partial charge in [0.1, 0.15) is 36.3 Å². The van der Waals surface area contributed by atoms with E-state index in [-0.39, 0.29) is 60.4 Å². The summed E-state index contributed by atoms with van der Waals surface area (Å²) < 4.78 is 61.9. The van der Waals surface area contributed by atoms with Crippen LogP contribution in [0.5, 0.6) is 0 Å². The Morgan fingerprint density at radius 2 is 1.74 bits per heavy atom. The third kappa shape index (κ3) is 13.6. The van der Waals surface area contributed by atoms with Crippen LogP contribution in [0.15, 0.2) is 12.7 Å². The smallest absolute Gasteiger partial charge is 0.396 e. The van der Waals surface area contributed by atoms with Gasteiger partial charge in [-0.05, 0) is 0 Å². The molecule has 2 aromatic heterocycles.